The van der Waals surface area contributed by atoms with Gasteiger partial charge < -0.3 is 20.1 Å². The summed E-state index contributed by atoms with van der Waals surface area (Å²) in [7, 11) is 0. The molecule has 2 aromatic rings. The number of carbonyl (C=O) groups excluding carboxylic acids is 1. The molecule has 144 valence electrons. The molecular formula is C22H28N2O3. The van der Waals surface area contributed by atoms with E-state index in [1.807, 2.05) is 54.6 Å². The van der Waals surface area contributed by atoms with E-state index in [4.69, 9.17) is 9.47 Å². The van der Waals surface area contributed by atoms with E-state index in [0.717, 1.165) is 43.7 Å². The first-order valence-corrected chi connectivity index (χ1v) is 9.64. The van der Waals surface area contributed by atoms with Gasteiger partial charge in [0.15, 0.2) is 0 Å². The standard InChI is InChI=1S/C22H28N2O3/c25-22(17-27-21-11-13-23-14-12-21)24-15-10-18-6-8-20(9-7-18)26-16-19-4-2-1-3-5-19/h1-9,21,23H,10-17H2,(H,24,25). The molecule has 1 aliphatic rings. The van der Waals surface area contributed by atoms with Crippen LogP contribution < -0.4 is 15.4 Å². The Kier molecular flexibility index (Phi) is 7.69. The predicted octanol–water partition coefficient (Wildman–Crippen LogP) is 2.69. The van der Waals surface area contributed by atoms with E-state index in [-0.39, 0.29) is 18.6 Å². The Hall–Kier alpha value is -2.37. The molecular weight excluding hydrogens is 340 g/mol. The van der Waals surface area contributed by atoms with Gasteiger partial charge >= 0.3 is 0 Å². The lowest BCUT2D eigenvalue weighted by Gasteiger charge is -2.22. The van der Waals surface area contributed by atoms with Crippen molar-refractivity contribution in [1.29, 1.82) is 0 Å². The van der Waals surface area contributed by atoms with Crippen LogP contribution in [0.4, 0.5) is 0 Å². The molecule has 0 aromatic heterocycles. The summed E-state index contributed by atoms with van der Waals surface area (Å²) >= 11 is 0. The van der Waals surface area contributed by atoms with Crippen LogP contribution in [-0.4, -0.2) is 38.3 Å². The number of amides is 1. The van der Waals surface area contributed by atoms with Crippen molar-refractivity contribution in [2.24, 2.45) is 0 Å². The second-order valence-corrected chi connectivity index (χ2v) is 6.78. The highest BCUT2D eigenvalue weighted by Crippen LogP contribution is 2.14. The minimum absolute atomic E-state index is 0.0450. The minimum atomic E-state index is -0.0450. The molecule has 1 aliphatic heterocycles. The van der Waals surface area contributed by atoms with E-state index in [1.54, 1.807) is 0 Å². The molecule has 0 aliphatic carbocycles. The summed E-state index contributed by atoms with van der Waals surface area (Å²) in [6.45, 7) is 3.26. The van der Waals surface area contributed by atoms with Gasteiger partial charge in [-0.1, -0.05) is 42.5 Å². The first-order chi connectivity index (χ1) is 13.3. The zero-order valence-electron chi connectivity index (χ0n) is 15.7. The van der Waals surface area contributed by atoms with Gasteiger partial charge in [0.05, 0.1) is 6.10 Å². The van der Waals surface area contributed by atoms with Crippen LogP contribution in [0.2, 0.25) is 0 Å². The van der Waals surface area contributed by atoms with Gasteiger partial charge in [-0.2, -0.15) is 0 Å². The first kappa shape index (κ1) is 19.4. The molecule has 5 nitrogen and oxygen atoms in total. The van der Waals surface area contributed by atoms with Crippen LogP contribution in [0.25, 0.3) is 0 Å². The second-order valence-electron chi connectivity index (χ2n) is 6.78. The van der Waals surface area contributed by atoms with Crippen LogP contribution in [0.3, 0.4) is 0 Å². The van der Waals surface area contributed by atoms with Gasteiger partial charge in [0.25, 0.3) is 0 Å². The summed E-state index contributed by atoms with van der Waals surface area (Å²) in [6.07, 6.45) is 2.95. The highest BCUT2D eigenvalue weighted by molar-refractivity contribution is 5.77. The van der Waals surface area contributed by atoms with Gasteiger partial charge in [-0.15, -0.1) is 0 Å². The van der Waals surface area contributed by atoms with Gasteiger partial charge in [-0.05, 0) is 55.6 Å². The third kappa shape index (κ3) is 7.04. The normalized spacial score (nSPS) is 14.7. The average molecular weight is 368 g/mol. The van der Waals surface area contributed by atoms with Crippen molar-refractivity contribution in [1.82, 2.24) is 10.6 Å². The molecule has 2 aromatic carbocycles. The topological polar surface area (TPSA) is 59.6 Å². The summed E-state index contributed by atoms with van der Waals surface area (Å²) in [5.41, 5.74) is 2.32. The third-order valence-corrected chi connectivity index (χ3v) is 4.64. The van der Waals surface area contributed by atoms with E-state index in [2.05, 4.69) is 10.6 Å². The Labute approximate surface area is 161 Å². The SMILES string of the molecule is O=C(COC1CCNCC1)NCCc1ccc(OCc2ccccc2)cc1. The fourth-order valence-corrected chi connectivity index (χ4v) is 3.05. The van der Waals surface area contributed by atoms with Crippen molar-refractivity contribution in [3.05, 3.63) is 65.7 Å². The molecule has 3 rings (SSSR count). The lowest BCUT2D eigenvalue weighted by atomic mass is 10.1. The first-order valence-electron chi connectivity index (χ1n) is 9.64. The van der Waals surface area contributed by atoms with E-state index in [9.17, 15) is 4.79 Å². The molecule has 0 bridgehead atoms. The summed E-state index contributed by atoms with van der Waals surface area (Å²) in [4.78, 5) is 11.9. The lowest BCUT2D eigenvalue weighted by molar-refractivity contribution is -0.128. The maximum atomic E-state index is 11.9. The number of hydrogen-bond acceptors (Lipinski definition) is 4. The quantitative estimate of drug-likeness (QED) is 0.714. The maximum Gasteiger partial charge on any atom is 0.246 e. The zero-order chi connectivity index (χ0) is 18.7. The minimum Gasteiger partial charge on any atom is -0.489 e. The van der Waals surface area contributed by atoms with Crippen molar-refractivity contribution in [2.45, 2.75) is 32.0 Å². The van der Waals surface area contributed by atoms with Crippen molar-refractivity contribution < 1.29 is 14.3 Å². The van der Waals surface area contributed by atoms with Crippen LogP contribution in [0.5, 0.6) is 5.75 Å². The van der Waals surface area contributed by atoms with Crippen molar-refractivity contribution >= 4 is 5.91 Å². The smallest absolute Gasteiger partial charge is 0.246 e. The van der Waals surface area contributed by atoms with E-state index < -0.39 is 0 Å². The van der Waals surface area contributed by atoms with E-state index in [0.29, 0.717) is 13.2 Å². The van der Waals surface area contributed by atoms with E-state index >= 15 is 0 Å². The summed E-state index contributed by atoms with van der Waals surface area (Å²) in [6, 6.07) is 18.1. The van der Waals surface area contributed by atoms with Crippen LogP contribution in [0.1, 0.15) is 24.0 Å². The Morgan fingerprint density at radius 1 is 1.00 bits per heavy atom. The number of ether oxygens (including phenoxy) is 2. The average Bonchev–Trinajstić information content (AvgIpc) is 2.73. The van der Waals surface area contributed by atoms with Crippen molar-refractivity contribution in [3.8, 4) is 5.75 Å². The Morgan fingerprint density at radius 2 is 1.74 bits per heavy atom. The molecule has 1 heterocycles. The molecule has 27 heavy (non-hydrogen) atoms. The van der Waals surface area contributed by atoms with Crippen molar-refractivity contribution in [3.63, 3.8) is 0 Å². The molecule has 0 spiro atoms. The molecule has 0 atom stereocenters. The molecule has 1 saturated heterocycles. The largest absolute Gasteiger partial charge is 0.489 e. The monoisotopic (exact) mass is 368 g/mol. The Balaban J connectivity index is 1.31. The van der Waals surface area contributed by atoms with Gasteiger partial charge in [0, 0.05) is 6.54 Å². The fraction of sp³-hybridized carbons (Fsp3) is 0.409. The van der Waals surface area contributed by atoms with Gasteiger partial charge in [-0.3, -0.25) is 4.79 Å². The van der Waals surface area contributed by atoms with Crippen LogP contribution in [-0.2, 0) is 22.6 Å². The summed E-state index contributed by atoms with van der Waals surface area (Å²) in [5, 5.41) is 6.21. The number of hydrogen-bond donors (Lipinski definition) is 2. The number of benzene rings is 2. The zero-order valence-corrected chi connectivity index (χ0v) is 15.7. The van der Waals surface area contributed by atoms with Crippen LogP contribution >= 0.6 is 0 Å². The number of rotatable bonds is 9. The van der Waals surface area contributed by atoms with Gasteiger partial charge in [0.1, 0.15) is 19.0 Å². The molecule has 5 heteroatoms. The van der Waals surface area contributed by atoms with Crippen LogP contribution in [0, 0.1) is 0 Å². The number of piperidine rings is 1. The number of carbonyl (C=O) groups is 1. The fourth-order valence-electron chi connectivity index (χ4n) is 3.05. The van der Waals surface area contributed by atoms with Gasteiger partial charge in [0.2, 0.25) is 5.91 Å². The summed E-state index contributed by atoms with van der Waals surface area (Å²) < 4.78 is 11.4. The highest BCUT2D eigenvalue weighted by atomic mass is 16.5. The molecule has 0 saturated carbocycles. The Morgan fingerprint density at radius 3 is 2.48 bits per heavy atom. The summed E-state index contributed by atoms with van der Waals surface area (Å²) in [5.74, 6) is 0.804. The van der Waals surface area contributed by atoms with Crippen molar-refractivity contribution in [2.75, 3.05) is 26.2 Å². The number of nitrogens with one attached hydrogen (secondary N) is 2. The molecule has 1 fully saturated rings. The lowest BCUT2D eigenvalue weighted by Crippen LogP contribution is -2.36. The maximum absolute atomic E-state index is 11.9. The predicted molar refractivity (Wildman–Crippen MR) is 106 cm³/mol. The van der Waals surface area contributed by atoms with E-state index in [1.165, 1.54) is 5.56 Å². The second kappa shape index (κ2) is 10.7. The Bertz CT molecular complexity index is 682. The molecule has 1 amide bonds. The third-order valence-electron chi connectivity index (χ3n) is 4.64. The van der Waals surface area contributed by atoms with Crippen LogP contribution in [0.15, 0.2) is 54.6 Å². The molecule has 0 unspecified atom stereocenters. The van der Waals surface area contributed by atoms with Gasteiger partial charge in [-0.25, -0.2) is 0 Å². The highest BCUT2D eigenvalue weighted by Gasteiger charge is 2.14. The molecule has 2 N–H and O–H groups in total. The molecule has 0 radical (unpaired) electrons.